The highest BCUT2D eigenvalue weighted by molar-refractivity contribution is 5.84. The molecular weight excluding hydrogens is 304 g/mol. The van der Waals surface area contributed by atoms with Crippen LogP contribution in [-0.4, -0.2) is 9.55 Å². The van der Waals surface area contributed by atoms with Gasteiger partial charge in [0.1, 0.15) is 0 Å². The molecular formula is C23H28N2. The molecule has 1 saturated carbocycles. The van der Waals surface area contributed by atoms with Gasteiger partial charge in [-0.05, 0) is 48.9 Å². The van der Waals surface area contributed by atoms with Crippen LogP contribution < -0.4 is 0 Å². The predicted octanol–water partition coefficient (Wildman–Crippen LogP) is 6.33. The summed E-state index contributed by atoms with van der Waals surface area (Å²) in [6, 6.07) is 11.9. The van der Waals surface area contributed by atoms with E-state index in [1.807, 2.05) is 0 Å². The van der Waals surface area contributed by atoms with Gasteiger partial charge in [0.05, 0.1) is 17.4 Å². The number of nitrogens with zero attached hydrogens (tertiary/aromatic N) is 2. The Morgan fingerprint density at radius 3 is 2.40 bits per heavy atom. The number of aromatic nitrogens is 2. The molecule has 0 atom stereocenters. The van der Waals surface area contributed by atoms with E-state index in [1.54, 1.807) is 0 Å². The molecule has 0 aliphatic heterocycles. The Morgan fingerprint density at radius 2 is 1.72 bits per heavy atom. The van der Waals surface area contributed by atoms with Gasteiger partial charge in [-0.15, -0.1) is 0 Å². The van der Waals surface area contributed by atoms with Gasteiger partial charge in [0.2, 0.25) is 0 Å². The van der Waals surface area contributed by atoms with E-state index in [-0.39, 0.29) is 0 Å². The Hall–Kier alpha value is -2.09. The molecule has 130 valence electrons. The van der Waals surface area contributed by atoms with Crippen LogP contribution in [0.5, 0.6) is 0 Å². The van der Waals surface area contributed by atoms with Gasteiger partial charge in [-0.1, -0.05) is 51.3 Å². The first kappa shape index (κ1) is 16.4. The minimum atomic E-state index is 0.660. The summed E-state index contributed by atoms with van der Waals surface area (Å²) in [6.07, 6.45) is 13.2. The van der Waals surface area contributed by atoms with E-state index in [1.165, 1.54) is 59.7 Å². The quantitative estimate of drug-likeness (QED) is 0.545. The summed E-state index contributed by atoms with van der Waals surface area (Å²) in [5.74, 6) is 0. The molecule has 0 unspecified atom stereocenters. The van der Waals surface area contributed by atoms with Gasteiger partial charge < -0.3 is 4.57 Å². The molecule has 4 rings (SSSR count). The zero-order chi connectivity index (χ0) is 17.2. The third-order valence-electron chi connectivity index (χ3n) is 5.83. The van der Waals surface area contributed by atoms with Crippen LogP contribution in [0.4, 0.5) is 0 Å². The van der Waals surface area contributed by atoms with Crippen LogP contribution in [0.25, 0.3) is 22.2 Å². The molecule has 1 aromatic carbocycles. The van der Waals surface area contributed by atoms with Crippen molar-refractivity contribution in [3.8, 4) is 11.3 Å². The molecule has 0 saturated heterocycles. The summed E-state index contributed by atoms with van der Waals surface area (Å²) < 4.78 is 2.47. The zero-order valence-corrected chi connectivity index (χ0v) is 15.5. The Labute approximate surface area is 150 Å². The lowest BCUT2D eigenvalue weighted by molar-refractivity contribution is 0.361. The van der Waals surface area contributed by atoms with Crippen molar-refractivity contribution >= 4 is 10.9 Å². The van der Waals surface area contributed by atoms with Crippen molar-refractivity contribution in [2.24, 2.45) is 0 Å². The monoisotopic (exact) mass is 332 g/mol. The lowest BCUT2D eigenvalue weighted by atomic mass is 9.94. The molecule has 1 fully saturated rings. The Balaban J connectivity index is 1.78. The van der Waals surface area contributed by atoms with Gasteiger partial charge in [-0.2, -0.15) is 0 Å². The fourth-order valence-corrected chi connectivity index (χ4v) is 4.44. The van der Waals surface area contributed by atoms with Crippen LogP contribution in [0.1, 0.15) is 63.1 Å². The number of hydrogen-bond acceptors (Lipinski definition) is 1. The van der Waals surface area contributed by atoms with Crippen LogP contribution in [-0.2, 0) is 12.8 Å². The van der Waals surface area contributed by atoms with Crippen molar-refractivity contribution in [2.75, 3.05) is 0 Å². The van der Waals surface area contributed by atoms with Gasteiger partial charge >= 0.3 is 0 Å². The van der Waals surface area contributed by atoms with Crippen molar-refractivity contribution in [2.45, 2.75) is 64.8 Å². The topological polar surface area (TPSA) is 17.8 Å². The SMILES string of the molecule is CCc1cccc(CC)c1-c1cc2ccn(C3CCCCC3)c2cn1. The van der Waals surface area contributed by atoms with Crippen LogP contribution in [0.15, 0.2) is 42.7 Å². The van der Waals surface area contributed by atoms with E-state index in [0.717, 1.165) is 18.5 Å². The lowest BCUT2D eigenvalue weighted by Gasteiger charge is -2.24. The molecule has 2 heterocycles. The van der Waals surface area contributed by atoms with Gasteiger partial charge in [0, 0.05) is 23.2 Å². The van der Waals surface area contributed by atoms with Crippen molar-refractivity contribution in [3.05, 3.63) is 53.9 Å². The van der Waals surface area contributed by atoms with Crippen molar-refractivity contribution in [1.29, 1.82) is 0 Å². The van der Waals surface area contributed by atoms with Crippen molar-refractivity contribution in [1.82, 2.24) is 9.55 Å². The third-order valence-corrected chi connectivity index (χ3v) is 5.83. The fraction of sp³-hybridized carbons (Fsp3) is 0.435. The first-order valence-electron chi connectivity index (χ1n) is 9.89. The highest BCUT2D eigenvalue weighted by atomic mass is 15.0. The number of benzene rings is 1. The second kappa shape index (κ2) is 7.03. The minimum absolute atomic E-state index is 0.660. The summed E-state index contributed by atoms with van der Waals surface area (Å²) >= 11 is 0. The summed E-state index contributed by atoms with van der Waals surface area (Å²) in [7, 11) is 0. The van der Waals surface area contributed by atoms with Crippen LogP contribution in [0.3, 0.4) is 0 Å². The van der Waals surface area contributed by atoms with E-state index in [4.69, 9.17) is 4.98 Å². The number of pyridine rings is 1. The summed E-state index contributed by atoms with van der Waals surface area (Å²) in [6.45, 7) is 4.46. The molecule has 1 aliphatic carbocycles. The number of rotatable bonds is 4. The smallest absolute Gasteiger partial charge is 0.0715 e. The molecule has 1 aliphatic rings. The normalized spacial score (nSPS) is 15.8. The molecule has 0 amide bonds. The summed E-state index contributed by atoms with van der Waals surface area (Å²) in [5, 5.41) is 1.32. The third kappa shape index (κ3) is 2.99. The second-order valence-electron chi connectivity index (χ2n) is 7.30. The van der Waals surface area contributed by atoms with E-state index in [0.29, 0.717) is 6.04 Å². The Bertz CT molecular complexity index is 847. The van der Waals surface area contributed by atoms with Crippen LogP contribution >= 0.6 is 0 Å². The molecule has 0 radical (unpaired) electrons. The number of hydrogen-bond donors (Lipinski definition) is 0. The minimum Gasteiger partial charge on any atom is -0.343 e. The predicted molar refractivity (Wildman–Crippen MR) is 106 cm³/mol. The molecule has 2 nitrogen and oxygen atoms in total. The Morgan fingerprint density at radius 1 is 1.00 bits per heavy atom. The van der Waals surface area contributed by atoms with Crippen LogP contribution in [0.2, 0.25) is 0 Å². The highest BCUT2D eigenvalue weighted by Crippen LogP contribution is 2.34. The second-order valence-corrected chi connectivity index (χ2v) is 7.30. The lowest BCUT2D eigenvalue weighted by Crippen LogP contribution is -2.11. The van der Waals surface area contributed by atoms with E-state index in [9.17, 15) is 0 Å². The molecule has 3 aromatic rings. The van der Waals surface area contributed by atoms with Gasteiger partial charge in [0.25, 0.3) is 0 Å². The maximum atomic E-state index is 4.90. The molecule has 25 heavy (non-hydrogen) atoms. The van der Waals surface area contributed by atoms with Crippen LogP contribution in [0, 0.1) is 0 Å². The number of aryl methyl sites for hydroxylation is 2. The largest absolute Gasteiger partial charge is 0.343 e. The van der Waals surface area contributed by atoms with E-state index < -0.39 is 0 Å². The zero-order valence-electron chi connectivity index (χ0n) is 15.5. The number of fused-ring (bicyclic) bond motifs is 1. The first-order valence-corrected chi connectivity index (χ1v) is 9.89. The highest BCUT2D eigenvalue weighted by Gasteiger charge is 2.18. The van der Waals surface area contributed by atoms with Crippen molar-refractivity contribution < 1.29 is 0 Å². The molecule has 0 N–H and O–H groups in total. The maximum Gasteiger partial charge on any atom is 0.0715 e. The fourth-order valence-electron chi connectivity index (χ4n) is 4.44. The van der Waals surface area contributed by atoms with E-state index in [2.05, 4.69) is 61.1 Å². The molecule has 0 spiro atoms. The summed E-state index contributed by atoms with van der Waals surface area (Å²) in [5.41, 5.74) is 6.57. The van der Waals surface area contributed by atoms with Crippen molar-refractivity contribution in [3.63, 3.8) is 0 Å². The molecule has 2 aromatic heterocycles. The molecule has 2 heteroatoms. The first-order chi connectivity index (χ1) is 12.3. The summed E-state index contributed by atoms with van der Waals surface area (Å²) in [4.78, 5) is 4.90. The van der Waals surface area contributed by atoms with Gasteiger partial charge in [-0.3, -0.25) is 4.98 Å². The maximum absolute atomic E-state index is 4.90. The molecule has 0 bridgehead atoms. The standard InChI is InChI=1S/C23H28N2/c1-3-17-9-8-10-18(4-2)23(17)21-15-19-13-14-25(22(19)16-24-21)20-11-6-5-7-12-20/h8-10,13-16,20H,3-7,11-12H2,1-2H3. The average molecular weight is 332 g/mol. The van der Waals surface area contributed by atoms with Gasteiger partial charge in [-0.25, -0.2) is 0 Å². The Kier molecular flexibility index (Phi) is 4.61. The van der Waals surface area contributed by atoms with Gasteiger partial charge in [0.15, 0.2) is 0 Å². The van der Waals surface area contributed by atoms with E-state index >= 15 is 0 Å². The average Bonchev–Trinajstić information content (AvgIpc) is 3.11.